The largest absolute Gasteiger partial charge is 0.460 e. The molecule has 0 unspecified atom stereocenters. The van der Waals surface area contributed by atoms with Gasteiger partial charge in [0, 0.05) is 20.5 Å². The predicted molar refractivity (Wildman–Crippen MR) is 88.8 cm³/mol. The Balaban J connectivity index is 5.72. The molecule has 0 atom stereocenters. The average molecular weight is 591 g/mol. The number of carbonyl (C=O) groups excluding carboxylic acids is 1. The lowest BCUT2D eigenvalue weighted by atomic mass is 9.88. The quantitative estimate of drug-likeness (QED) is 0.163. The Hall–Kier alpha value is -1.92. The van der Waals surface area contributed by atoms with E-state index in [1.165, 1.54) is 14.1 Å². The predicted octanol–water partition coefficient (Wildman–Crippen LogP) is 7.64. The summed E-state index contributed by atoms with van der Waals surface area (Å²) in [7, 11) is 2.56. The molecular formula is C17H18F17NO2. The molecule has 0 aliphatic rings. The fourth-order valence-electron chi connectivity index (χ4n) is 2.44. The summed E-state index contributed by atoms with van der Waals surface area (Å²) in [5.74, 6) is -56.1. The highest BCUT2D eigenvalue weighted by Gasteiger charge is 2.95. The van der Waals surface area contributed by atoms with E-state index in [0.717, 1.165) is 4.90 Å². The van der Waals surface area contributed by atoms with E-state index in [1.807, 2.05) is 0 Å². The number of halogens is 17. The van der Waals surface area contributed by atoms with Crippen molar-refractivity contribution >= 4 is 6.09 Å². The molecule has 0 rings (SSSR count). The van der Waals surface area contributed by atoms with Gasteiger partial charge in [0.05, 0.1) is 6.61 Å². The highest BCUT2D eigenvalue weighted by Crippen LogP contribution is 2.64. The maximum Gasteiger partial charge on any atom is 0.460 e. The molecule has 0 heterocycles. The first-order valence-electron chi connectivity index (χ1n) is 9.63. The lowest BCUT2D eigenvalue weighted by molar-refractivity contribution is -0.461. The van der Waals surface area contributed by atoms with E-state index in [2.05, 4.69) is 4.74 Å². The Kier molecular flexibility index (Phi) is 10.1. The van der Waals surface area contributed by atoms with Crippen molar-refractivity contribution in [3.05, 3.63) is 0 Å². The zero-order valence-electron chi connectivity index (χ0n) is 18.4. The van der Waals surface area contributed by atoms with Crippen LogP contribution in [0.4, 0.5) is 79.4 Å². The maximum atomic E-state index is 13.7. The fourth-order valence-corrected chi connectivity index (χ4v) is 2.44. The van der Waals surface area contributed by atoms with E-state index >= 15 is 0 Å². The fraction of sp³-hybridized carbons (Fsp3) is 0.941. The van der Waals surface area contributed by atoms with Crippen LogP contribution in [0.25, 0.3) is 0 Å². The zero-order chi connectivity index (χ0) is 30.1. The van der Waals surface area contributed by atoms with Gasteiger partial charge in [-0.3, -0.25) is 0 Å². The molecule has 0 aromatic rings. The lowest BCUT2D eigenvalue weighted by Gasteiger charge is -2.42. The topological polar surface area (TPSA) is 29.5 Å². The van der Waals surface area contributed by atoms with Crippen LogP contribution in [-0.4, -0.2) is 79.3 Å². The highest BCUT2D eigenvalue weighted by molar-refractivity contribution is 5.66. The van der Waals surface area contributed by atoms with Gasteiger partial charge in [0.2, 0.25) is 0 Å². The number of unbranched alkanes of at least 4 members (excludes halogenated alkanes) is 3. The molecule has 37 heavy (non-hydrogen) atoms. The minimum Gasteiger partial charge on any atom is -0.449 e. The third kappa shape index (κ3) is 6.06. The first kappa shape index (κ1) is 35.1. The summed E-state index contributed by atoms with van der Waals surface area (Å²) >= 11 is 0. The van der Waals surface area contributed by atoms with Crippen molar-refractivity contribution < 1.29 is 84.2 Å². The van der Waals surface area contributed by atoms with Crippen LogP contribution in [0.3, 0.4) is 0 Å². The van der Waals surface area contributed by atoms with Crippen LogP contribution in [0.5, 0.6) is 0 Å². The van der Waals surface area contributed by atoms with Crippen LogP contribution in [-0.2, 0) is 4.74 Å². The number of hydrogen-bond donors (Lipinski definition) is 0. The molecule has 0 bridgehead atoms. The summed E-state index contributed by atoms with van der Waals surface area (Å²) in [5, 5.41) is 0. The second kappa shape index (κ2) is 10.7. The van der Waals surface area contributed by atoms with Gasteiger partial charge in [0.25, 0.3) is 0 Å². The molecule has 0 radical (unpaired) electrons. The summed E-state index contributed by atoms with van der Waals surface area (Å²) in [6.07, 6.45) is -13.2. The van der Waals surface area contributed by atoms with Crippen molar-refractivity contribution in [2.24, 2.45) is 0 Å². The van der Waals surface area contributed by atoms with Crippen LogP contribution < -0.4 is 0 Å². The first-order valence-corrected chi connectivity index (χ1v) is 9.63. The Morgan fingerprint density at radius 1 is 0.541 bits per heavy atom. The van der Waals surface area contributed by atoms with Crippen molar-refractivity contribution in [1.29, 1.82) is 0 Å². The molecule has 0 N–H and O–H groups in total. The number of rotatable bonds is 13. The van der Waals surface area contributed by atoms with Crippen LogP contribution in [0.15, 0.2) is 0 Å². The second-order valence-electron chi connectivity index (χ2n) is 7.82. The second-order valence-corrected chi connectivity index (χ2v) is 7.82. The van der Waals surface area contributed by atoms with E-state index in [-0.39, 0.29) is 19.4 Å². The number of nitrogens with zero attached hydrogens (tertiary/aromatic N) is 1. The number of hydrogen-bond acceptors (Lipinski definition) is 2. The third-order valence-electron chi connectivity index (χ3n) is 4.76. The molecule has 1 amide bonds. The van der Waals surface area contributed by atoms with Gasteiger partial charge in [-0.15, -0.1) is 0 Å². The van der Waals surface area contributed by atoms with Gasteiger partial charge in [-0.25, -0.2) is 4.79 Å². The van der Waals surface area contributed by atoms with Crippen LogP contribution in [0.1, 0.15) is 32.1 Å². The van der Waals surface area contributed by atoms with Gasteiger partial charge in [-0.05, 0) is 12.8 Å². The Bertz CT molecular complexity index is 776. The molecular weight excluding hydrogens is 573 g/mol. The van der Waals surface area contributed by atoms with Gasteiger partial charge in [0.15, 0.2) is 0 Å². The van der Waals surface area contributed by atoms with Crippen molar-refractivity contribution in [1.82, 2.24) is 4.90 Å². The van der Waals surface area contributed by atoms with Gasteiger partial charge < -0.3 is 9.64 Å². The molecule has 0 fully saturated rings. The van der Waals surface area contributed by atoms with Crippen molar-refractivity contribution in [3.63, 3.8) is 0 Å². The minimum absolute atomic E-state index is 0.107. The lowest BCUT2D eigenvalue weighted by Crippen LogP contribution is -2.74. The normalized spacial score (nSPS) is 15.1. The Morgan fingerprint density at radius 3 is 1.27 bits per heavy atom. The van der Waals surface area contributed by atoms with Gasteiger partial charge >= 0.3 is 53.7 Å². The molecule has 20 heteroatoms. The van der Waals surface area contributed by atoms with Crippen molar-refractivity contribution in [2.75, 3.05) is 20.7 Å². The number of alkyl halides is 17. The Morgan fingerprint density at radius 2 is 0.892 bits per heavy atom. The minimum atomic E-state index is -8.62. The summed E-state index contributed by atoms with van der Waals surface area (Å²) in [6, 6.07) is 0. The molecule has 0 aromatic heterocycles. The molecule has 0 aliphatic carbocycles. The zero-order valence-corrected chi connectivity index (χ0v) is 18.4. The number of amides is 1. The molecule has 0 spiro atoms. The highest BCUT2D eigenvalue weighted by atomic mass is 19.4. The first-order chi connectivity index (χ1) is 16.1. The van der Waals surface area contributed by atoms with E-state index in [4.69, 9.17) is 0 Å². The SMILES string of the molecule is CN(C)C(=O)OCCCCCCC(F)(F)C(F)(F)C(F)(F)C(F)(F)C(F)(F)C(F)(F)C(F)(F)C(F)(F)F. The third-order valence-corrected chi connectivity index (χ3v) is 4.76. The van der Waals surface area contributed by atoms with E-state index < -0.39 is 73.0 Å². The molecule has 0 saturated heterocycles. The molecule has 0 aliphatic heterocycles. The smallest absolute Gasteiger partial charge is 0.449 e. The van der Waals surface area contributed by atoms with Gasteiger partial charge in [-0.1, -0.05) is 12.8 Å². The van der Waals surface area contributed by atoms with Crippen LogP contribution >= 0.6 is 0 Å². The molecule has 0 saturated carbocycles. The van der Waals surface area contributed by atoms with Crippen molar-refractivity contribution in [2.45, 2.75) is 79.7 Å². The summed E-state index contributed by atoms with van der Waals surface area (Å²) in [5.41, 5.74) is 0. The van der Waals surface area contributed by atoms with E-state index in [9.17, 15) is 79.4 Å². The average Bonchev–Trinajstić information content (AvgIpc) is 2.70. The monoisotopic (exact) mass is 591 g/mol. The molecule has 222 valence electrons. The number of carbonyl (C=O) groups is 1. The Labute approximate surface area is 196 Å². The summed E-state index contributed by atoms with van der Waals surface area (Å²) in [4.78, 5) is 12.1. The van der Waals surface area contributed by atoms with Gasteiger partial charge in [-0.2, -0.15) is 74.6 Å². The van der Waals surface area contributed by atoms with E-state index in [1.54, 1.807) is 0 Å². The maximum absolute atomic E-state index is 13.7. The summed E-state index contributed by atoms with van der Waals surface area (Å²) in [6.45, 7) is -0.334. The number of ether oxygens (including phenoxy) is 1. The molecule has 3 nitrogen and oxygen atoms in total. The van der Waals surface area contributed by atoms with E-state index in [0.29, 0.717) is 0 Å². The van der Waals surface area contributed by atoms with Crippen LogP contribution in [0, 0.1) is 0 Å². The standard InChI is InChI=1S/C17H18F17NO2/c1-35(2)9(36)37-8-6-4-3-5-7-10(18,19)11(20,21)12(22,23)13(24,25)14(26,27)15(28,29)16(30,31)17(32,33)34/h3-8H2,1-2H3. The van der Waals surface area contributed by atoms with Crippen LogP contribution in [0.2, 0.25) is 0 Å². The van der Waals surface area contributed by atoms with Crippen molar-refractivity contribution in [3.8, 4) is 0 Å². The molecule has 0 aromatic carbocycles. The summed E-state index contributed by atoms with van der Waals surface area (Å²) < 4.78 is 228. The van der Waals surface area contributed by atoms with Gasteiger partial charge in [0.1, 0.15) is 0 Å².